The van der Waals surface area contributed by atoms with E-state index in [2.05, 4.69) is 27.2 Å². The Hall–Kier alpha value is -2.89. The first-order valence-electron chi connectivity index (χ1n) is 9.19. The summed E-state index contributed by atoms with van der Waals surface area (Å²) in [4.78, 5) is 38.6. The molecule has 0 saturated carbocycles. The van der Waals surface area contributed by atoms with Gasteiger partial charge in [-0.1, -0.05) is 23.9 Å². The van der Waals surface area contributed by atoms with Crippen LogP contribution in [0.5, 0.6) is 0 Å². The largest absolute Gasteiger partial charge is 0.301 e. The standard InChI is InChI=1S/C20H17N5O3S3/c1-10-11(2)31-19-17(10)18(21-12(3)22-19)29-9-16(26)24-20-23-15(8-30-20)13-5-4-6-14(7-13)25(27)28/h4-8H,9H2,1-3H3,(H,23,24,26). The number of thioether (sulfide) groups is 1. The Balaban J connectivity index is 1.45. The molecule has 0 saturated heterocycles. The van der Waals surface area contributed by atoms with Gasteiger partial charge in [0.15, 0.2) is 5.13 Å². The van der Waals surface area contributed by atoms with E-state index in [0.29, 0.717) is 22.2 Å². The quantitative estimate of drug-likeness (QED) is 0.174. The highest BCUT2D eigenvalue weighted by atomic mass is 32.2. The Morgan fingerprint density at radius 3 is 2.81 bits per heavy atom. The number of hydrogen-bond donors (Lipinski definition) is 1. The van der Waals surface area contributed by atoms with Gasteiger partial charge in [-0.3, -0.25) is 14.9 Å². The molecule has 31 heavy (non-hydrogen) atoms. The van der Waals surface area contributed by atoms with Crippen molar-refractivity contribution < 1.29 is 9.72 Å². The zero-order valence-corrected chi connectivity index (χ0v) is 19.3. The lowest BCUT2D eigenvalue weighted by atomic mass is 10.1. The smallest absolute Gasteiger partial charge is 0.270 e. The molecule has 1 N–H and O–H groups in total. The summed E-state index contributed by atoms with van der Waals surface area (Å²) in [5, 5.41) is 17.8. The first-order valence-corrected chi connectivity index (χ1v) is 11.9. The van der Waals surface area contributed by atoms with Gasteiger partial charge in [0, 0.05) is 33.3 Å². The first-order chi connectivity index (χ1) is 14.8. The lowest BCUT2D eigenvalue weighted by molar-refractivity contribution is -0.384. The van der Waals surface area contributed by atoms with E-state index in [9.17, 15) is 14.9 Å². The number of nitrogens with one attached hydrogen (secondary N) is 1. The summed E-state index contributed by atoms with van der Waals surface area (Å²) in [6.07, 6.45) is 0. The van der Waals surface area contributed by atoms with Crippen molar-refractivity contribution in [3.8, 4) is 11.3 Å². The molecule has 11 heteroatoms. The molecule has 158 valence electrons. The molecule has 0 aliphatic carbocycles. The third-order valence-electron chi connectivity index (χ3n) is 4.55. The predicted molar refractivity (Wildman–Crippen MR) is 125 cm³/mol. The van der Waals surface area contributed by atoms with Crippen molar-refractivity contribution in [3.63, 3.8) is 0 Å². The van der Waals surface area contributed by atoms with Crippen LogP contribution in [-0.2, 0) is 4.79 Å². The molecule has 0 atom stereocenters. The Bertz CT molecular complexity index is 1310. The number of thiophene rings is 1. The Morgan fingerprint density at radius 1 is 1.23 bits per heavy atom. The molecule has 8 nitrogen and oxygen atoms in total. The summed E-state index contributed by atoms with van der Waals surface area (Å²) in [6.45, 7) is 5.94. The monoisotopic (exact) mass is 471 g/mol. The summed E-state index contributed by atoms with van der Waals surface area (Å²) in [6, 6.07) is 6.25. The molecule has 0 unspecified atom stereocenters. The van der Waals surface area contributed by atoms with Gasteiger partial charge in [0.1, 0.15) is 15.7 Å². The van der Waals surface area contributed by atoms with Crippen LogP contribution in [-0.4, -0.2) is 31.5 Å². The number of carbonyl (C=O) groups excluding carboxylic acids is 1. The van der Waals surface area contributed by atoms with E-state index in [1.165, 1.54) is 40.1 Å². The molecular formula is C20H17N5O3S3. The lowest BCUT2D eigenvalue weighted by Gasteiger charge is -2.05. The highest BCUT2D eigenvalue weighted by Gasteiger charge is 2.16. The molecule has 4 rings (SSSR count). The summed E-state index contributed by atoms with van der Waals surface area (Å²) in [5.74, 6) is 0.670. The predicted octanol–water partition coefficient (Wildman–Crippen LogP) is 5.38. The average Bonchev–Trinajstić information content (AvgIpc) is 3.30. The van der Waals surface area contributed by atoms with Crippen LogP contribution in [0.15, 0.2) is 34.7 Å². The molecular weight excluding hydrogens is 454 g/mol. The van der Waals surface area contributed by atoms with E-state index < -0.39 is 4.92 Å². The maximum Gasteiger partial charge on any atom is 0.270 e. The SMILES string of the molecule is Cc1nc(SCC(=O)Nc2nc(-c3cccc([N+](=O)[O-])c3)cs2)c2c(C)c(C)sc2n1. The first kappa shape index (κ1) is 21.3. The van der Waals surface area contributed by atoms with E-state index in [1.807, 2.05) is 13.8 Å². The van der Waals surface area contributed by atoms with Crippen LogP contribution in [0.1, 0.15) is 16.3 Å². The third kappa shape index (κ3) is 4.58. The number of fused-ring (bicyclic) bond motifs is 1. The topological polar surface area (TPSA) is 111 Å². The van der Waals surface area contributed by atoms with Gasteiger partial charge < -0.3 is 5.32 Å². The second-order valence-corrected chi connectivity index (χ2v) is 9.75. The molecule has 1 aromatic carbocycles. The van der Waals surface area contributed by atoms with Gasteiger partial charge in [-0.05, 0) is 26.3 Å². The van der Waals surface area contributed by atoms with E-state index in [4.69, 9.17) is 0 Å². The fraction of sp³-hybridized carbons (Fsp3) is 0.200. The number of hydrogen-bond acceptors (Lipinski definition) is 9. The minimum Gasteiger partial charge on any atom is -0.301 e. The van der Waals surface area contributed by atoms with E-state index in [1.54, 1.807) is 28.8 Å². The number of nitrogens with zero attached hydrogens (tertiary/aromatic N) is 4. The van der Waals surface area contributed by atoms with Crippen molar-refractivity contribution in [3.05, 3.63) is 56.0 Å². The minimum absolute atomic E-state index is 0.00194. The highest BCUT2D eigenvalue weighted by molar-refractivity contribution is 8.00. The van der Waals surface area contributed by atoms with E-state index in [-0.39, 0.29) is 17.3 Å². The van der Waals surface area contributed by atoms with Crippen molar-refractivity contribution in [2.45, 2.75) is 25.8 Å². The van der Waals surface area contributed by atoms with Gasteiger partial charge in [-0.15, -0.1) is 22.7 Å². The number of aromatic nitrogens is 3. The fourth-order valence-corrected chi connectivity index (χ4v) is 5.76. The molecule has 3 heterocycles. The van der Waals surface area contributed by atoms with Crippen molar-refractivity contribution >= 4 is 61.4 Å². The fourth-order valence-electron chi connectivity index (χ4n) is 2.95. The highest BCUT2D eigenvalue weighted by Crippen LogP contribution is 2.35. The molecule has 0 radical (unpaired) electrons. The number of nitro groups is 1. The molecule has 4 aromatic rings. The molecule has 0 bridgehead atoms. The molecule has 1 amide bonds. The van der Waals surface area contributed by atoms with Gasteiger partial charge in [-0.2, -0.15) is 0 Å². The molecule has 0 aliphatic heterocycles. The zero-order valence-electron chi connectivity index (χ0n) is 16.8. The number of anilines is 1. The Kier molecular flexibility index (Phi) is 5.99. The van der Waals surface area contributed by atoms with Crippen LogP contribution in [0.25, 0.3) is 21.5 Å². The van der Waals surface area contributed by atoms with E-state index in [0.717, 1.165) is 20.8 Å². The summed E-state index contributed by atoms with van der Waals surface area (Å²) >= 11 is 4.28. The van der Waals surface area contributed by atoms with Crippen LogP contribution in [0.4, 0.5) is 10.8 Å². The summed E-state index contributed by atoms with van der Waals surface area (Å²) in [5.41, 5.74) is 2.35. The van der Waals surface area contributed by atoms with Crippen molar-refractivity contribution in [1.29, 1.82) is 0 Å². The number of nitro benzene ring substituents is 1. The van der Waals surface area contributed by atoms with Gasteiger partial charge in [-0.25, -0.2) is 15.0 Å². The number of thiazole rings is 1. The Labute approximate surface area is 189 Å². The number of amides is 1. The molecule has 0 spiro atoms. The second-order valence-electron chi connectivity index (χ2n) is 6.72. The molecule has 0 fully saturated rings. The summed E-state index contributed by atoms with van der Waals surface area (Å²) < 4.78 is 0. The van der Waals surface area contributed by atoms with Crippen LogP contribution in [0.2, 0.25) is 0 Å². The van der Waals surface area contributed by atoms with Gasteiger partial charge in [0.25, 0.3) is 5.69 Å². The van der Waals surface area contributed by atoms with Crippen LogP contribution in [0.3, 0.4) is 0 Å². The molecule has 0 aliphatic rings. The Morgan fingerprint density at radius 2 is 2.03 bits per heavy atom. The third-order valence-corrected chi connectivity index (χ3v) is 7.38. The average molecular weight is 472 g/mol. The maximum atomic E-state index is 12.5. The van der Waals surface area contributed by atoms with Gasteiger partial charge >= 0.3 is 0 Å². The number of benzene rings is 1. The maximum absolute atomic E-state index is 12.5. The van der Waals surface area contributed by atoms with Crippen molar-refractivity contribution in [2.75, 3.05) is 11.1 Å². The van der Waals surface area contributed by atoms with Crippen LogP contribution >= 0.6 is 34.4 Å². The van der Waals surface area contributed by atoms with Crippen LogP contribution in [0, 0.1) is 30.9 Å². The number of aryl methyl sites for hydroxylation is 3. The van der Waals surface area contributed by atoms with Gasteiger partial charge in [0.05, 0.1) is 16.4 Å². The zero-order chi connectivity index (χ0) is 22.1. The number of rotatable bonds is 6. The lowest BCUT2D eigenvalue weighted by Crippen LogP contribution is -2.14. The second kappa shape index (κ2) is 8.69. The van der Waals surface area contributed by atoms with Gasteiger partial charge in [0.2, 0.25) is 5.91 Å². The normalized spacial score (nSPS) is 11.1. The van der Waals surface area contributed by atoms with E-state index >= 15 is 0 Å². The molecule has 3 aromatic heterocycles. The van der Waals surface area contributed by atoms with Crippen molar-refractivity contribution in [2.24, 2.45) is 0 Å². The van der Waals surface area contributed by atoms with Crippen molar-refractivity contribution in [1.82, 2.24) is 15.0 Å². The number of carbonyl (C=O) groups is 1. The number of non-ortho nitro benzene ring substituents is 1. The van der Waals surface area contributed by atoms with Crippen LogP contribution < -0.4 is 5.32 Å². The summed E-state index contributed by atoms with van der Waals surface area (Å²) in [7, 11) is 0. The minimum atomic E-state index is -0.446.